The second-order valence-corrected chi connectivity index (χ2v) is 7.18. The van der Waals surface area contributed by atoms with Crippen LogP contribution in [0.25, 0.3) is 6.08 Å². The first kappa shape index (κ1) is 20.4. The molecule has 0 bridgehead atoms. The predicted molar refractivity (Wildman–Crippen MR) is 116 cm³/mol. The fraction of sp³-hybridized carbons (Fsp3) is 0.130. The zero-order valence-corrected chi connectivity index (χ0v) is 16.9. The number of hydrogen-bond donors (Lipinski definition) is 2. The number of hydrogen-bond acceptors (Lipinski definition) is 3. The maximum Gasteiger partial charge on any atom is 0.291 e. The molecule has 3 rings (SSSR count). The molecule has 5 nitrogen and oxygen atoms in total. The van der Waals surface area contributed by atoms with Crippen LogP contribution in [0.2, 0.25) is 5.02 Å². The van der Waals surface area contributed by atoms with E-state index in [0.717, 1.165) is 5.56 Å². The smallest absolute Gasteiger partial charge is 0.291 e. The van der Waals surface area contributed by atoms with E-state index < -0.39 is 5.91 Å². The third-order valence-corrected chi connectivity index (χ3v) is 4.57. The quantitative estimate of drug-likeness (QED) is 0.494. The average Bonchev–Trinajstić information content (AvgIpc) is 3.24. The van der Waals surface area contributed by atoms with Gasteiger partial charge in [-0.2, -0.15) is 0 Å². The Balaban J connectivity index is 1.60. The molecule has 1 heterocycles. The van der Waals surface area contributed by atoms with Crippen molar-refractivity contribution in [3.63, 3.8) is 0 Å². The summed E-state index contributed by atoms with van der Waals surface area (Å²) in [4.78, 5) is 24.2. The summed E-state index contributed by atoms with van der Waals surface area (Å²) in [6.07, 6.45) is 4.63. The van der Waals surface area contributed by atoms with Crippen molar-refractivity contribution in [2.45, 2.75) is 19.8 Å². The lowest BCUT2D eigenvalue weighted by Crippen LogP contribution is -2.12. The summed E-state index contributed by atoms with van der Waals surface area (Å²) in [5, 5.41) is 5.71. The van der Waals surface area contributed by atoms with E-state index in [-0.39, 0.29) is 11.7 Å². The van der Waals surface area contributed by atoms with Crippen LogP contribution in [-0.2, 0) is 4.79 Å². The first-order valence-corrected chi connectivity index (χ1v) is 9.53. The van der Waals surface area contributed by atoms with Crippen molar-refractivity contribution in [1.29, 1.82) is 0 Å². The fourth-order valence-electron chi connectivity index (χ4n) is 2.63. The molecule has 6 heteroatoms. The van der Waals surface area contributed by atoms with Gasteiger partial charge < -0.3 is 15.1 Å². The molecule has 0 radical (unpaired) electrons. The first-order chi connectivity index (χ1) is 13.9. The predicted octanol–water partition coefficient (Wildman–Crippen LogP) is 5.96. The summed E-state index contributed by atoms with van der Waals surface area (Å²) in [7, 11) is 0. The number of furan rings is 1. The Morgan fingerprint density at radius 3 is 2.41 bits per heavy atom. The lowest BCUT2D eigenvalue weighted by Gasteiger charge is -2.08. The van der Waals surface area contributed by atoms with Gasteiger partial charge in [0.1, 0.15) is 0 Å². The number of benzene rings is 2. The third kappa shape index (κ3) is 5.59. The molecule has 2 N–H and O–H groups in total. The van der Waals surface area contributed by atoms with Crippen molar-refractivity contribution in [3.05, 3.63) is 88.8 Å². The topological polar surface area (TPSA) is 71.3 Å². The summed E-state index contributed by atoms with van der Waals surface area (Å²) in [6.45, 7) is 4.27. The van der Waals surface area contributed by atoms with Gasteiger partial charge in [0.05, 0.1) is 17.0 Å². The summed E-state index contributed by atoms with van der Waals surface area (Å²) in [5.74, 6) is -0.0283. The lowest BCUT2D eigenvalue weighted by atomic mass is 10.0. The minimum Gasteiger partial charge on any atom is -0.459 e. The number of rotatable bonds is 6. The molecule has 0 aliphatic carbocycles. The van der Waals surface area contributed by atoms with Gasteiger partial charge in [-0.3, -0.25) is 9.59 Å². The van der Waals surface area contributed by atoms with Gasteiger partial charge in [-0.05, 0) is 53.5 Å². The summed E-state index contributed by atoms with van der Waals surface area (Å²) in [5.41, 5.74) is 3.14. The molecule has 2 amide bonds. The molecular formula is C23H21ClN2O3. The standard InChI is InChI=1S/C23H21ClN2O3/c1-15(2)17-8-5-16(6-9-17)7-12-22(27)25-18-10-11-20(19(24)14-18)26-23(28)21-4-3-13-29-21/h3-15H,1-2H3,(H,25,27)(H,26,28)/b12-7+. The molecule has 0 saturated carbocycles. The minimum atomic E-state index is -0.403. The Labute approximate surface area is 174 Å². The molecule has 0 unspecified atom stereocenters. The van der Waals surface area contributed by atoms with Gasteiger partial charge in [0.2, 0.25) is 5.91 Å². The Kier molecular flexibility index (Phi) is 6.52. The number of amides is 2. The summed E-state index contributed by atoms with van der Waals surface area (Å²) < 4.78 is 5.05. The van der Waals surface area contributed by atoms with Gasteiger partial charge in [0.15, 0.2) is 5.76 Å². The molecule has 2 aromatic carbocycles. The van der Waals surface area contributed by atoms with Crippen LogP contribution < -0.4 is 10.6 Å². The first-order valence-electron chi connectivity index (χ1n) is 9.16. The van der Waals surface area contributed by atoms with Crippen LogP contribution in [0.3, 0.4) is 0 Å². The van der Waals surface area contributed by atoms with Crippen molar-refractivity contribution < 1.29 is 14.0 Å². The molecule has 29 heavy (non-hydrogen) atoms. The van der Waals surface area contributed by atoms with Crippen molar-refractivity contribution in [2.75, 3.05) is 10.6 Å². The van der Waals surface area contributed by atoms with E-state index in [0.29, 0.717) is 22.3 Å². The van der Waals surface area contributed by atoms with Crippen molar-refractivity contribution in [1.82, 2.24) is 0 Å². The number of halogens is 1. The summed E-state index contributed by atoms with van der Waals surface area (Å²) >= 11 is 6.22. The highest BCUT2D eigenvalue weighted by atomic mass is 35.5. The van der Waals surface area contributed by atoms with Gasteiger partial charge in [-0.15, -0.1) is 0 Å². The van der Waals surface area contributed by atoms with E-state index in [1.165, 1.54) is 17.9 Å². The van der Waals surface area contributed by atoms with Crippen LogP contribution in [0.15, 0.2) is 71.4 Å². The number of anilines is 2. The van der Waals surface area contributed by atoms with E-state index in [1.807, 2.05) is 12.1 Å². The molecule has 148 valence electrons. The second-order valence-electron chi connectivity index (χ2n) is 6.77. The molecule has 0 atom stereocenters. The Hall–Kier alpha value is -3.31. The van der Waals surface area contributed by atoms with E-state index >= 15 is 0 Å². The minimum absolute atomic E-state index is 0.185. The van der Waals surface area contributed by atoms with Crippen molar-refractivity contribution >= 4 is 40.9 Å². The molecule has 0 saturated heterocycles. The maximum atomic E-state index is 12.2. The molecular weight excluding hydrogens is 388 g/mol. The summed E-state index contributed by atoms with van der Waals surface area (Å²) in [6, 6.07) is 16.1. The van der Waals surface area contributed by atoms with E-state index in [1.54, 1.807) is 36.4 Å². The van der Waals surface area contributed by atoms with E-state index in [9.17, 15) is 9.59 Å². The monoisotopic (exact) mass is 408 g/mol. The van der Waals surface area contributed by atoms with Crippen LogP contribution in [0, 0.1) is 0 Å². The zero-order valence-electron chi connectivity index (χ0n) is 16.1. The van der Waals surface area contributed by atoms with Crippen LogP contribution in [0.4, 0.5) is 11.4 Å². The number of nitrogens with one attached hydrogen (secondary N) is 2. The molecule has 1 aromatic heterocycles. The molecule has 3 aromatic rings. The van der Waals surface area contributed by atoms with E-state index in [4.69, 9.17) is 16.0 Å². The van der Waals surface area contributed by atoms with Gasteiger partial charge >= 0.3 is 0 Å². The normalized spacial score (nSPS) is 11.0. The Morgan fingerprint density at radius 2 is 1.79 bits per heavy atom. The Bertz CT molecular complexity index is 1020. The van der Waals surface area contributed by atoms with Crippen LogP contribution >= 0.6 is 11.6 Å². The second kappa shape index (κ2) is 9.26. The van der Waals surface area contributed by atoms with E-state index in [2.05, 4.69) is 36.6 Å². The van der Waals surface area contributed by atoms with Crippen LogP contribution in [0.5, 0.6) is 0 Å². The van der Waals surface area contributed by atoms with Crippen molar-refractivity contribution in [3.8, 4) is 0 Å². The fourth-order valence-corrected chi connectivity index (χ4v) is 2.86. The average molecular weight is 409 g/mol. The number of carbonyl (C=O) groups excluding carboxylic acids is 2. The Morgan fingerprint density at radius 1 is 1.03 bits per heavy atom. The molecule has 0 aliphatic rings. The molecule has 0 spiro atoms. The third-order valence-electron chi connectivity index (χ3n) is 4.26. The molecule has 0 fully saturated rings. The van der Waals surface area contributed by atoms with Gasteiger partial charge in [0.25, 0.3) is 5.91 Å². The highest BCUT2D eigenvalue weighted by Gasteiger charge is 2.11. The SMILES string of the molecule is CC(C)c1ccc(/C=C/C(=O)Nc2ccc(NC(=O)c3ccco3)c(Cl)c2)cc1. The lowest BCUT2D eigenvalue weighted by molar-refractivity contribution is -0.111. The maximum absolute atomic E-state index is 12.2. The van der Waals surface area contributed by atoms with Crippen molar-refractivity contribution in [2.24, 2.45) is 0 Å². The van der Waals surface area contributed by atoms with Crippen LogP contribution in [0.1, 0.15) is 41.4 Å². The highest BCUT2D eigenvalue weighted by molar-refractivity contribution is 6.34. The number of carbonyl (C=O) groups is 2. The zero-order chi connectivity index (χ0) is 20.8. The highest BCUT2D eigenvalue weighted by Crippen LogP contribution is 2.26. The van der Waals surface area contributed by atoms with Gasteiger partial charge in [-0.1, -0.05) is 49.7 Å². The van der Waals surface area contributed by atoms with Crippen LogP contribution in [-0.4, -0.2) is 11.8 Å². The molecule has 0 aliphatic heterocycles. The van der Waals surface area contributed by atoms with Gasteiger partial charge in [0, 0.05) is 11.8 Å². The van der Waals surface area contributed by atoms with Gasteiger partial charge in [-0.25, -0.2) is 0 Å². The largest absolute Gasteiger partial charge is 0.459 e.